The van der Waals surface area contributed by atoms with E-state index in [9.17, 15) is 0 Å². The normalized spacial score (nSPS) is 9.23. The van der Waals surface area contributed by atoms with Gasteiger partial charge in [-0.3, -0.25) is 0 Å². The van der Waals surface area contributed by atoms with E-state index in [1.165, 1.54) is 0 Å². The number of aromatic nitrogens is 2. The van der Waals surface area contributed by atoms with Gasteiger partial charge in [-0.05, 0) is 6.92 Å². The molecule has 0 aliphatic rings. The van der Waals surface area contributed by atoms with Crippen LogP contribution in [0.25, 0.3) is 0 Å². The monoisotopic (exact) mass is 179 g/mol. The van der Waals surface area contributed by atoms with Crippen LogP contribution in [-0.2, 0) is 0 Å². The number of hydrogen-bond acceptors (Lipinski definition) is 6. The van der Waals surface area contributed by atoms with Crippen LogP contribution in [0.5, 0.6) is 6.01 Å². The molecule has 6 heteroatoms. The predicted octanol–water partition coefficient (Wildman–Crippen LogP) is -0.0886. The summed E-state index contributed by atoms with van der Waals surface area (Å²) in [4.78, 5) is 7.48. The van der Waals surface area contributed by atoms with E-state index in [0.717, 1.165) is 0 Å². The highest BCUT2D eigenvalue weighted by molar-refractivity contribution is 5.64. The number of anilines is 2. The van der Waals surface area contributed by atoms with Crippen molar-refractivity contribution in [1.29, 1.82) is 5.26 Å². The quantitative estimate of drug-likeness (QED) is 0.656. The van der Waals surface area contributed by atoms with Crippen molar-refractivity contribution in [3.05, 3.63) is 5.69 Å². The van der Waals surface area contributed by atoms with E-state index in [-0.39, 0.29) is 23.2 Å². The van der Waals surface area contributed by atoms with Crippen molar-refractivity contribution in [3.63, 3.8) is 0 Å². The Kier molecular flexibility index (Phi) is 2.50. The van der Waals surface area contributed by atoms with E-state index in [2.05, 4.69) is 9.97 Å². The zero-order valence-corrected chi connectivity index (χ0v) is 7.11. The fourth-order valence-electron chi connectivity index (χ4n) is 0.744. The molecule has 0 bridgehead atoms. The van der Waals surface area contributed by atoms with E-state index < -0.39 is 0 Å². The number of nitrogen functional groups attached to an aromatic ring is 2. The molecule has 0 atom stereocenters. The first kappa shape index (κ1) is 9.06. The minimum Gasteiger partial charge on any atom is -0.464 e. The Morgan fingerprint density at radius 1 is 1.46 bits per heavy atom. The molecule has 1 aromatic heterocycles. The van der Waals surface area contributed by atoms with Gasteiger partial charge in [-0.25, -0.2) is 0 Å². The van der Waals surface area contributed by atoms with Gasteiger partial charge < -0.3 is 16.2 Å². The Bertz CT molecular complexity index is 357. The fourth-order valence-corrected chi connectivity index (χ4v) is 0.744. The minimum atomic E-state index is 0.0379. The smallest absolute Gasteiger partial charge is 0.319 e. The molecule has 0 aliphatic carbocycles. The van der Waals surface area contributed by atoms with Gasteiger partial charge in [0.2, 0.25) is 0 Å². The maximum Gasteiger partial charge on any atom is 0.319 e. The molecule has 1 aromatic rings. The van der Waals surface area contributed by atoms with E-state index >= 15 is 0 Å². The third-order valence-corrected chi connectivity index (χ3v) is 1.33. The zero-order valence-electron chi connectivity index (χ0n) is 7.11. The molecule has 0 saturated carbocycles. The molecule has 1 rings (SSSR count). The average molecular weight is 179 g/mol. The summed E-state index contributed by atoms with van der Waals surface area (Å²) in [5.74, 6) is 0.0648. The van der Waals surface area contributed by atoms with Crippen LogP contribution >= 0.6 is 0 Å². The summed E-state index contributed by atoms with van der Waals surface area (Å²) in [6, 6.07) is 1.87. The van der Waals surface area contributed by atoms with Crippen molar-refractivity contribution >= 4 is 11.5 Å². The second kappa shape index (κ2) is 3.58. The molecule has 0 radical (unpaired) electrons. The molecule has 4 N–H and O–H groups in total. The first-order valence-corrected chi connectivity index (χ1v) is 3.65. The number of nitriles is 1. The van der Waals surface area contributed by atoms with Crippen molar-refractivity contribution in [1.82, 2.24) is 9.97 Å². The molecule has 0 aromatic carbocycles. The van der Waals surface area contributed by atoms with Gasteiger partial charge in [0.15, 0.2) is 11.5 Å². The predicted molar refractivity (Wildman–Crippen MR) is 46.7 cm³/mol. The summed E-state index contributed by atoms with van der Waals surface area (Å²) in [6.07, 6.45) is 0. The van der Waals surface area contributed by atoms with Crippen molar-refractivity contribution in [2.45, 2.75) is 6.92 Å². The summed E-state index contributed by atoms with van der Waals surface area (Å²) in [6.45, 7) is 2.19. The lowest BCUT2D eigenvalue weighted by atomic mass is 10.3. The summed E-state index contributed by atoms with van der Waals surface area (Å²) in [5, 5.41) is 8.60. The van der Waals surface area contributed by atoms with Crippen molar-refractivity contribution in [2.24, 2.45) is 0 Å². The minimum absolute atomic E-state index is 0.0379. The van der Waals surface area contributed by atoms with Crippen LogP contribution in [0.1, 0.15) is 12.6 Å². The van der Waals surface area contributed by atoms with Gasteiger partial charge in [0.1, 0.15) is 11.8 Å². The number of rotatable bonds is 2. The molecule has 6 nitrogen and oxygen atoms in total. The molecule has 68 valence electrons. The topological polar surface area (TPSA) is 111 Å². The van der Waals surface area contributed by atoms with Gasteiger partial charge >= 0.3 is 6.01 Å². The molecule has 0 saturated heterocycles. The molecule has 13 heavy (non-hydrogen) atoms. The first-order valence-electron chi connectivity index (χ1n) is 3.65. The lowest BCUT2D eigenvalue weighted by Gasteiger charge is -2.04. The fraction of sp³-hybridized carbons (Fsp3) is 0.286. The van der Waals surface area contributed by atoms with E-state index in [1.54, 1.807) is 13.0 Å². The molecule has 0 spiro atoms. The molecule has 0 unspecified atom stereocenters. The van der Waals surface area contributed by atoms with Gasteiger partial charge in [0.25, 0.3) is 0 Å². The van der Waals surface area contributed by atoms with Crippen LogP contribution in [0.2, 0.25) is 0 Å². The van der Waals surface area contributed by atoms with E-state index in [0.29, 0.717) is 6.61 Å². The van der Waals surface area contributed by atoms with Crippen LogP contribution < -0.4 is 16.2 Å². The van der Waals surface area contributed by atoms with Gasteiger partial charge in [-0.2, -0.15) is 15.2 Å². The lowest BCUT2D eigenvalue weighted by molar-refractivity contribution is 0.313. The van der Waals surface area contributed by atoms with Crippen LogP contribution in [0.15, 0.2) is 0 Å². The highest BCUT2D eigenvalue weighted by Crippen LogP contribution is 2.18. The maximum absolute atomic E-state index is 8.60. The summed E-state index contributed by atoms with van der Waals surface area (Å²) in [7, 11) is 0. The van der Waals surface area contributed by atoms with Crippen LogP contribution in [0.4, 0.5) is 11.5 Å². The van der Waals surface area contributed by atoms with E-state index in [4.69, 9.17) is 21.5 Å². The summed E-state index contributed by atoms with van der Waals surface area (Å²) in [5.41, 5.74) is 11.0. The largest absolute Gasteiger partial charge is 0.464 e. The number of nitrogens with zero attached hydrogens (tertiary/aromatic N) is 3. The van der Waals surface area contributed by atoms with Crippen molar-refractivity contribution in [2.75, 3.05) is 18.1 Å². The first-order chi connectivity index (χ1) is 6.19. The van der Waals surface area contributed by atoms with Crippen LogP contribution in [-0.4, -0.2) is 16.6 Å². The highest BCUT2D eigenvalue weighted by atomic mass is 16.5. The van der Waals surface area contributed by atoms with Gasteiger partial charge in [0, 0.05) is 0 Å². The Morgan fingerprint density at radius 3 is 2.69 bits per heavy atom. The van der Waals surface area contributed by atoms with Gasteiger partial charge in [-0.1, -0.05) is 0 Å². The molecule has 1 heterocycles. The number of ether oxygens (including phenoxy) is 1. The van der Waals surface area contributed by atoms with Crippen molar-refractivity contribution in [3.8, 4) is 12.1 Å². The average Bonchev–Trinajstić information content (AvgIpc) is 2.11. The lowest BCUT2D eigenvalue weighted by Crippen LogP contribution is -2.06. The molecule has 0 amide bonds. The second-order valence-electron chi connectivity index (χ2n) is 2.20. The molecular formula is C7H9N5O. The third kappa shape index (κ3) is 1.76. The second-order valence-corrected chi connectivity index (χ2v) is 2.20. The SMILES string of the molecule is CCOc1nc(N)c(N)c(C#N)n1. The maximum atomic E-state index is 8.60. The van der Waals surface area contributed by atoms with Crippen LogP contribution in [0.3, 0.4) is 0 Å². The Morgan fingerprint density at radius 2 is 2.15 bits per heavy atom. The van der Waals surface area contributed by atoms with E-state index in [1.807, 2.05) is 0 Å². The van der Waals surface area contributed by atoms with Gasteiger partial charge in [0.05, 0.1) is 6.61 Å². The Balaban J connectivity index is 3.16. The number of nitrogens with two attached hydrogens (primary N) is 2. The standard InChI is InChI=1S/C7H9N5O/c1-2-13-7-11-4(3-8)5(9)6(10)12-7/h2,9H2,1H3,(H2,10,11,12). The summed E-state index contributed by atoms with van der Waals surface area (Å²) < 4.78 is 4.98. The van der Waals surface area contributed by atoms with Crippen LogP contribution in [0, 0.1) is 11.3 Å². The highest BCUT2D eigenvalue weighted by Gasteiger charge is 2.08. The number of hydrogen-bond donors (Lipinski definition) is 2. The van der Waals surface area contributed by atoms with Crippen molar-refractivity contribution < 1.29 is 4.74 Å². The summed E-state index contributed by atoms with van der Waals surface area (Å²) >= 11 is 0. The zero-order chi connectivity index (χ0) is 9.84. The molecular weight excluding hydrogens is 170 g/mol. The Labute approximate surface area is 75.2 Å². The molecule has 0 fully saturated rings. The molecule has 0 aliphatic heterocycles. The van der Waals surface area contributed by atoms with Gasteiger partial charge in [-0.15, -0.1) is 0 Å². The Hall–Kier alpha value is -2.03. The third-order valence-electron chi connectivity index (χ3n) is 1.33.